The summed E-state index contributed by atoms with van der Waals surface area (Å²) in [5.74, 6) is -0.935. The number of anilines is 1. The highest BCUT2D eigenvalue weighted by atomic mass is 19.4. The molecule has 2 amide bonds. The number of amides is 2. The van der Waals surface area contributed by atoms with Crippen LogP contribution in [0.4, 0.5) is 23.8 Å². The normalized spacial score (nSPS) is 11.5. The molecule has 0 spiro atoms. The number of nitrogens with two attached hydrogens (primary N) is 2. The van der Waals surface area contributed by atoms with Crippen LogP contribution in [0.2, 0.25) is 0 Å². The van der Waals surface area contributed by atoms with Gasteiger partial charge in [-0.1, -0.05) is 36.4 Å². The monoisotopic (exact) mass is 564 g/mol. The second-order valence-corrected chi connectivity index (χ2v) is 9.14. The van der Waals surface area contributed by atoms with Gasteiger partial charge in [-0.3, -0.25) is 14.2 Å². The number of aromatic nitrogens is 5. The Hall–Kier alpha value is -5.40. The molecule has 0 radical (unpaired) electrons. The number of hydrogen-bond donors (Lipinski definition) is 3. The number of primary amides is 1. The molecule has 11 nitrogen and oxygen atoms in total. The lowest BCUT2D eigenvalue weighted by Gasteiger charge is -2.09. The van der Waals surface area contributed by atoms with E-state index in [2.05, 4.69) is 20.5 Å². The van der Waals surface area contributed by atoms with Crippen molar-refractivity contribution in [3.63, 3.8) is 0 Å². The van der Waals surface area contributed by atoms with Gasteiger partial charge in [-0.05, 0) is 34.2 Å². The van der Waals surface area contributed by atoms with Crippen molar-refractivity contribution in [2.75, 3.05) is 5.73 Å². The molecule has 0 saturated heterocycles. The Bertz CT molecular complexity index is 1730. The topological polar surface area (TPSA) is 156 Å². The molecule has 0 aliphatic heterocycles. The van der Waals surface area contributed by atoms with Crippen LogP contribution in [-0.4, -0.2) is 36.5 Å². The Kier molecular flexibility index (Phi) is 7.29. The van der Waals surface area contributed by atoms with E-state index in [1.54, 1.807) is 59.4 Å². The standard InChI is InChI=1S/C27H23F3N8O3/c28-27(29,30)23-22(41-26(40)34-10-18-5-6-21-19(9-18)7-8-33-24(21)31)15-38(36-23)13-17-3-1-16(2-4-17)12-37-14-20(11-35-37)25(32)39/h1-9,11,14-15H,10,12-13H2,(H2,31,33)(H2,32,39)(H,34,40). The molecule has 210 valence electrons. The Morgan fingerprint density at radius 1 is 0.951 bits per heavy atom. The summed E-state index contributed by atoms with van der Waals surface area (Å²) in [6, 6.07) is 14.0. The van der Waals surface area contributed by atoms with Gasteiger partial charge in [-0.25, -0.2) is 9.78 Å². The first-order valence-electron chi connectivity index (χ1n) is 12.2. The van der Waals surface area contributed by atoms with E-state index in [4.69, 9.17) is 16.2 Å². The summed E-state index contributed by atoms with van der Waals surface area (Å²) >= 11 is 0. The van der Waals surface area contributed by atoms with E-state index >= 15 is 0 Å². The summed E-state index contributed by atoms with van der Waals surface area (Å²) in [6.07, 6.45) is -0.442. The maximum Gasteiger partial charge on any atom is 0.438 e. The molecule has 5 rings (SSSR count). The Balaban J connectivity index is 1.23. The largest absolute Gasteiger partial charge is 0.438 e. The SMILES string of the molecule is NC(=O)c1cnn(Cc2ccc(Cn3cc(OC(=O)NCc4ccc5c(N)nccc5c4)c(C(F)(F)F)n3)cc2)c1. The van der Waals surface area contributed by atoms with Crippen molar-refractivity contribution in [2.45, 2.75) is 25.8 Å². The van der Waals surface area contributed by atoms with E-state index in [1.807, 2.05) is 0 Å². The maximum absolute atomic E-state index is 13.7. The number of carbonyl (C=O) groups excluding carboxylic acids is 2. The predicted molar refractivity (Wildman–Crippen MR) is 142 cm³/mol. The molecule has 0 aliphatic carbocycles. The quantitative estimate of drug-likeness (QED) is 0.259. The minimum absolute atomic E-state index is 0.00297. The highest BCUT2D eigenvalue weighted by Crippen LogP contribution is 2.35. The van der Waals surface area contributed by atoms with E-state index in [9.17, 15) is 22.8 Å². The summed E-state index contributed by atoms with van der Waals surface area (Å²) in [5, 5.41) is 11.7. The summed E-state index contributed by atoms with van der Waals surface area (Å²) in [7, 11) is 0. The number of ether oxygens (including phenoxy) is 1. The molecule has 0 atom stereocenters. The number of pyridine rings is 1. The van der Waals surface area contributed by atoms with Crippen molar-refractivity contribution >= 4 is 28.6 Å². The number of alkyl halides is 3. The van der Waals surface area contributed by atoms with Crippen LogP contribution >= 0.6 is 0 Å². The van der Waals surface area contributed by atoms with Gasteiger partial charge >= 0.3 is 12.3 Å². The lowest BCUT2D eigenvalue weighted by atomic mass is 10.1. The number of halogens is 3. The van der Waals surface area contributed by atoms with Gasteiger partial charge in [0.1, 0.15) is 5.82 Å². The second-order valence-electron chi connectivity index (χ2n) is 9.14. The fourth-order valence-corrected chi connectivity index (χ4v) is 4.13. The molecule has 0 unspecified atom stereocenters. The third-order valence-corrected chi connectivity index (χ3v) is 6.13. The molecule has 2 aromatic carbocycles. The number of rotatable bonds is 8. The van der Waals surface area contributed by atoms with Gasteiger partial charge in [0.15, 0.2) is 5.75 Å². The second kappa shape index (κ2) is 11.0. The van der Waals surface area contributed by atoms with Crippen molar-refractivity contribution in [1.82, 2.24) is 29.9 Å². The molecular weight excluding hydrogens is 541 g/mol. The van der Waals surface area contributed by atoms with Crippen LogP contribution in [0.1, 0.15) is 32.7 Å². The van der Waals surface area contributed by atoms with Gasteiger partial charge in [-0.2, -0.15) is 23.4 Å². The number of nitrogen functional groups attached to an aromatic ring is 1. The maximum atomic E-state index is 13.7. The lowest BCUT2D eigenvalue weighted by Crippen LogP contribution is -2.27. The number of nitrogens with one attached hydrogen (secondary N) is 1. The van der Waals surface area contributed by atoms with Crippen molar-refractivity contribution in [3.05, 3.63) is 101 Å². The first-order chi connectivity index (χ1) is 19.5. The molecule has 3 heterocycles. The Labute approximate surface area is 230 Å². The third-order valence-electron chi connectivity index (χ3n) is 6.13. The smallest absolute Gasteiger partial charge is 0.406 e. The fourth-order valence-electron chi connectivity index (χ4n) is 4.13. The van der Waals surface area contributed by atoms with E-state index in [-0.39, 0.29) is 18.7 Å². The number of benzene rings is 2. The summed E-state index contributed by atoms with van der Waals surface area (Å²) in [5.41, 5.74) is 12.2. The average molecular weight is 565 g/mol. The van der Waals surface area contributed by atoms with E-state index in [0.29, 0.717) is 23.5 Å². The molecule has 0 bridgehead atoms. The third kappa shape index (κ3) is 6.43. The van der Waals surface area contributed by atoms with Gasteiger partial charge in [0, 0.05) is 24.3 Å². The van der Waals surface area contributed by atoms with E-state index in [1.165, 1.54) is 12.4 Å². The van der Waals surface area contributed by atoms with Crippen LogP contribution in [0.5, 0.6) is 5.75 Å². The zero-order valence-electron chi connectivity index (χ0n) is 21.3. The van der Waals surface area contributed by atoms with E-state index < -0.39 is 29.6 Å². The Morgan fingerprint density at radius 3 is 2.29 bits per heavy atom. The van der Waals surface area contributed by atoms with Crippen LogP contribution in [0.25, 0.3) is 10.8 Å². The van der Waals surface area contributed by atoms with Gasteiger partial charge in [0.2, 0.25) is 5.69 Å². The van der Waals surface area contributed by atoms with Gasteiger partial charge in [0.25, 0.3) is 5.91 Å². The van der Waals surface area contributed by atoms with Gasteiger partial charge in [0.05, 0.1) is 31.0 Å². The zero-order chi connectivity index (χ0) is 29.1. The molecule has 41 heavy (non-hydrogen) atoms. The van der Waals surface area contributed by atoms with Gasteiger partial charge in [-0.15, -0.1) is 0 Å². The van der Waals surface area contributed by atoms with Crippen molar-refractivity contribution in [3.8, 4) is 5.75 Å². The molecule has 3 aromatic heterocycles. The van der Waals surface area contributed by atoms with Crippen LogP contribution in [0, 0.1) is 0 Å². The first-order valence-corrected chi connectivity index (χ1v) is 12.2. The molecule has 5 N–H and O–H groups in total. The lowest BCUT2D eigenvalue weighted by molar-refractivity contribution is -0.142. The number of hydrogen-bond acceptors (Lipinski definition) is 7. The fraction of sp³-hybridized carbons (Fsp3) is 0.148. The molecule has 14 heteroatoms. The molecular formula is C27H23F3N8O3. The highest BCUT2D eigenvalue weighted by Gasteiger charge is 2.39. The molecule has 5 aromatic rings. The molecule has 0 fully saturated rings. The minimum Gasteiger partial charge on any atom is -0.406 e. The first kappa shape index (κ1) is 27.2. The average Bonchev–Trinajstić information content (AvgIpc) is 3.56. The van der Waals surface area contributed by atoms with Crippen LogP contribution in [-0.2, 0) is 25.8 Å². The highest BCUT2D eigenvalue weighted by molar-refractivity contribution is 5.92. The minimum atomic E-state index is -4.84. The van der Waals surface area contributed by atoms with Crippen LogP contribution in [0.15, 0.2) is 73.3 Å². The molecule has 0 aliphatic rings. The predicted octanol–water partition coefficient (Wildman–Crippen LogP) is 3.71. The van der Waals surface area contributed by atoms with Crippen LogP contribution < -0.4 is 21.5 Å². The van der Waals surface area contributed by atoms with E-state index in [0.717, 1.165) is 27.2 Å². The van der Waals surface area contributed by atoms with Crippen molar-refractivity contribution < 1.29 is 27.5 Å². The number of fused-ring (bicyclic) bond motifs is 1. The molecule has 0 saturated carbocycles. The Morgan fingerprint density at radius 2 is 1.63 bits per heavy atom. The zero-order valence-corrected chi connectivity index (χ0v) is 21.3. The number of nitrogens with zero attached hydrogens (tertiary/aromatic N) is 5. The van der Waals surface area contributed by atoms with Crippen molar-refractivity contribution in [2.24, 2.45) is 5.73 Å². The summed E-state index contributed by atoms with van der Waals surface area (Å²) < 4.78 is 48.6. The summed E-state index contributed by atoms with van der Waals surface area (Å²) in [6.45, 7) is 0.378. The summed E-state index contributed by atoms with van der Waals surface area (Å²) in [4.78, 5) is 27.6. The van der Waals surface area contributed by atoms with Gasteiger partial charge < -0.3 is 21.5 Å². The van der Waals surface area contributed by atoms with Crippen molar-refractivity contribution in [1.29, 1.82) is 0 Å². The number of carbonyl (C=O) groups is 2. The van der Waals surface area contributed by atoms with Crippen LogP contribution in [0.3, 0.4) is 0 Å².